The monoisotopic (exact) mass is 511 g/mol. The maximum Gasteiger partial charge on any atom is 0.155 e. The molecule has 3 aromatic rings. The van der Waals surface area contributed by atoms with E-state index in [1.54, 1.807) is 0 Å². The van der Waals surface area contributed by atoms with Gasteiger partial charge in [-0.25, -0.2) is 0 Å². The van der Waals surface area contributed by atoms with Crippen LogP contribution in [0.5, 0.6) is 0 Å². The minimum absolute atomic E-state index is 0. The second-order valence-corrected chi connectivity index (χ2v) is 5.52. The van der Waals surface area contributed by atoms with Crippen LogP contribution in [0.4, 0.5) is 0 Å². The second-order valence-electron chi connectivity index (χ2n) is 5.52. The number of hydrogen-bond acceptors (Lipinski definition) is 3. The molecule has 0 atom stereocenters. The fourth-order valence-corrected chi connectivity index (χ4v) is 2.33. The van der Waals surface area contributed by atoms with Gasteiger partial charge in [0.25, 0.3) is 0 Å². The number of fused-ring (bicyclic) bond motifs is 1. The molecule has 0 aliphatic carbocycles. The predicted octanol–water partition coefficient (Wildman–Crippen LogP) is 5.05. The fourth-order valence-electron chi connectivity index (χ4n) is 2.33. The molecule has 0 aliphatic rings. The number of ketones is 1. The molecule has 2 aromatic carbocycles. The number of rotatable bonds is 2. The topological polar surface area (TPSA) is 50.2 Å². The first-order chi connectivity index (χ1) is 11.5. The summed E-state index contributed by atoms with van der Waals surface area (Å²) < 4.78 is 0. The van der Waals surface area contributed by atoms with Crippen LogP contribution >= 0.6 is 0 Å². The van der Waals surface area contributed by atoms with E-state index in [1.165, 1.54) is 30.9 Å². The number of aryl methyl sites for hydroxylation is 1. The van der Waals surface area contributed by atoms with E-state index in [0.29, 0.717) is 0 Å². The SMILES string of the molecule is CC(=O)C=C(C)O.Cc1cc2ccccc2nc1-c1[c-]cccc1.[Ir]. The molecule has 0 aliphatic heterocycles. The molecule has 1 heterocycles. The van der Waals surface area contributed by atoms with Crippen LogP contribution in [-0.2, 0) is 24.9 Å². The summed E-state index contributed by atoms with van der Waals surface area (Å²) in [6, 6.07) is 21.6. The van der Waals surface area contributed by atoms with Crippen molar-refractivity contribution in [3.63, 3.8) is 0 Å². The second kappa shape index (κ2) is 9.87. The summed E-state index contributed by atoms with van der Waals surface area (Å²) in [7, 11) is 0. The Kier molecular flexibility index (Phi) is 8.20. The van der Waals surface area contributed by atoms with Crippen molar-refractivity contribution in [2.24, 2.45) is 0 Å². The van der Waals surface area contributed by atoms with Crippen LogP contribution in [0.15, 0.2) is 66.4 Å². The molecule has 25 heavy (non-hydrogen) atoms. The van der Waals surface area contributed by atoms with Crippen LogP contribution in [0, 0.1) is 13.0 Å². The van der Waals surface area contributed by atoms with Crippen LogP contribution in [0.1, 0.15) is 19.4 Å². The van der Waals surface area contributed by atoms with Gasteiger partial charge >= 0.3 is 0 Å². The number of pyridine rings is 1. The molecule has 1 radical (unpaired) electrons. The van der Waals surface area contributed by atoms with Gasteiger partial charge in [0.1, 0.15) is 0 Å². The Morgan fingerprint density at radius 2 is 1.80 bits per heavy atom. The quantitative estimate of drug-likeness (QED) is 0.298. The van der Waals surface area contributed by atoms with Gasteiger partial charge in [0.2, 0.25) is 0 Å². The van der Waals surface area contributed by atoms with E-state index in [2.05, 4.69) is 25.1 Å². The summed E-state index contributed by atoms with van der Waals surface area (Å²) in [5.74, 6) is -0.0625. The first-order valence-electron chi connectivity index (χ1n) is 7.68. The van der Waals surface area contributed by atoms with Gasteiger partial charge in [-0.15, -0.1) is 35.9 Å². The molecule has 3 nitrogen and oxygen atoms in total. The number of carbonyl (C=O) groups is 1. The maximum atomic E-state index is 10.0. The number of para-hydroxylation sites is 1. The van der Waals surface area contributed by atoms with Crippen molar-refractivity contribution in [1.82, 2.24) is 4.98 Å². The van der Waals surface area contributed by atoms with Crippen molar-refractivity contribution >= 4 is 16.7 Å². The Morgan fingerprint density at radius 1 is 1.12 bits per heavy atom. The molecule has 3 rings (SSSR count). The van der Waals surface area contributed by atoms with Crippen LogP contribution in [0.2, 0.25) is 0 Å². The Bertz CT molecular complexity index is 869. The van der Waals surface area contributed by atoms with Crippen LogP contribution in [0.3, 0.4) is 0 Å². The van der Waals surface area contributed by atoms with E-state index in [4.69, 9.17) is 10.1 Å². The van der Waals surface area contributed by atoms with Gasteiger partial charge in [0.05, 0.1) is 11.3 Å². The first kappa shape index (κ1) is 20.8. The van der Waals surface area contributed by atoms with E-state index in [9.17, 15) is 4.79 Å². The molecule has 0 spiro atoms. The van der Waals surface area contributed by atoms with Crippen molar-refractivity contribution in [2.75, 3.05) is 0 Å². The van der Waals surface area contributed by atoms with Gasteiger partial charge in [-0.1, -0.05) is 29.8 Å². The van der Waals surface area contributed by atoms with Crippen molar-refractivity contribution in [1.29, 1.82) is 0 Å². The average molecular weight is 511 g/mol. The number of aliphatic hydroxyl groups is 1. The third-order valence-corrected chi connectivity index (χ3v) is 3.29. The molecule has 0 amide bonds. The summed E-state index contributed by atoms with van der Waals surface area (Å²) in [5, 5.41) is 9.55. The summed E-state index contributed by atoms with van der Waals surface area (Å²) in [6.45, 7) is 4.94. The number of allylic oxidation sites excluding steroid dienone is 2. The molecule has 0 unspecified atom stereocenters. The van der Waals surface area contributed by atoms with Crippen LogP contribution in [-0.4, -0.2) is 15.9 Å². The van der Waals surface area contributed by atoms with E-state index >= 15 is 0 Å². The normalized spacial score (nSPS) is 10.4. The minimum Gasteiger partial charge on any atom is -0.512 e. The molecule has 0 saturated carbocycles. The van der Waals surface area contributed by atoms with Crippen molar-refractivity contribution < 1.29 is 30.0 Å². The van der Waals surface area contributed by atoms with E-state index in [1.807, 2.05) is 42.5 Å². The van der Waals surface area contributed by atoms with Crippen LogP contribution < -0.4 is 0 Å². The molecule has 0 bridgehead atoms. The number of nitrogens with zero attached hydrogens (tertiary/aromatic N) is 1. The molecule has 1 aromatic heterocycles. The van der Waals surface area contributed by atoms with Crippen LogP contribution in [0.25, 0.3) is 22.2 Å². The summed E-state index contributed by atoms with van der Waals surface area (Å²) >= 11 is 0. The van der Waals surface area contributed by atoms with E-state index in [-0.39, 0.29) is 31.6 Å². The van der Waals surface area contributed by atoms with E-state index in [0.717, 1.165) is 16.8 Å². The number of aliphatic hydroxyl groups excluding tert-OH is 1. The summed E-state index contributed by atoms with van der Waals surface area (Å²) in [4.78, 5) is 14.7. The summed E-state index contributed by atoms with van der Waals surface area (Å²) in [6.07, 6.45) is 1.17. The van der Waals surface area contributed by atoms with Crippen molar-refractivity contribution in [2.45, 2.75) is 20.8 Å². The Balaban J connectivity index is 0.000000339. The third-order valence-electron chi connectivity index (χ3n) is 3.29. The Hall–Kier alpha value is -2.29. The maximum absolute atomic E-state index is 10.0. The Morgan fingerprint density at radius 3 is 2.36 bits per heavy atom. The molecular formula is C21H20IrNO2-. The molecule has 0 fully saturated rings. The summed E-state index contributed by atoms with van der Waals surface area (Å²) in [5.41, 5.74) is 4.29. The molecule has 1 N–H and O–H groups in total. The first-order valence-corrected chi connectivity index (χ1v) is 7.68. The van der Waals surface area contributed by atoms with E-state index < -0.39 is 0 Å². The standard InChI is InChI=1S/C16H12N.C5H8O2.Ir/c1-12-11-14-9-5-6-10-15(14)17-16(12)13-7-3-2-4-8-13;1-4(6)3-5(2)7;/h2-7,9-11H,1H3;3,6H,1-2H3;/q-1;;. The zero-order valence-corrected chi connectivity index (χ0v) is 16.8. The number of aromatic nitrogens is 1. The fraction of sp³-hybridized carbons (Fsp3) is 0.143. The zero-order chi connectivity index (χ0) is 17.5. The zero-order valence-electron chi connectivity index (χ0n) is 14.4. The number of carbonyl (C=O) groups excluding carboxylic acids is 1. The molecule has 0 saturated heterocycles. The average Bonchev–Trinajstić information content (AvgIpc) is 2.54. The minimum atomic E-state index is -0.125. The third kappa shape index (κ3) is 6.26. The number of hydrogen-bond donors (Lipinski definition) is 1. The van der Waals surface area contributed by atoms with Gasteiger partial charge in [-0.05, 0) is 37.9 Å². The largest absolute Gasteiger partial charge is 0.512 e. The van der Waals surface area contributed by atoms with Gasteiger partial charge < -0.3 is 5.11 Å². The number of benzene rings is 2. The molecule has 4 heteroatoms. The van der Waals surface area contributed by atoms with Gasteiger partial charge in [0.15, 0.2) is 5.78 Å². The van der Waals surface area contributed by atoms with Gasteiger partial charge in [0, 0.05) is 26.2 Å². The van der Waals surface area contributed by atoms with Gasteiger partial charge in [-0.3, -0.25) is 9.78 Å². The predicted molar refractivity (Wildman–Crippen MR) is 97.8 cm³/mol. The van der Waals surface area contributed by atoms with Gasteiger partial charge in [-0.2, -0.15) is 0 Å². The van der Waals surface area contributed by atoms with Crippen molar-refractivity contribution in [3.8, 4) is 11.3 Å². The van der Waals surface area contributed by atoms with Crippen molar-refractivity contribution in [3.05, 3.63) is 78.1 Å². The smallest absolute Gasteiger partial charge is 0.155 e. The molecular weight excluding hydrogens is 490 g/mol. The Labute approximate surface area is 161 Å². The molecule has 131 valence electrons.